The first-order valence-electron chi connectivity index (χ1n) is 25.5. The highest BCUT2D eigenvalue weighted by molar-refractivity contribution is 5.70. The monoisotopic (exact) mass is 1060 g/mol. The van der Waals surface area contributed by atoms with Gasteiger partial charge >= 0.3 is 30.5 Å². The maximum Gasteiger partial charge on any atom is 0.410 e. The molecule has 75 heavy (non-hydrogen) atoms. The summed E-state index contributed by atoms with van der Waals surface area (Å²) in [6.07, 6.45) is 0.937. The molecular weight excluding hydrogens is 967 g/mol. The number of fused-ring (bicyclic) bond motifs is 1. The number of nitrogens with zero attached hydrogens (tertiary/aromatic N) is 5. The number of nitrogens with one attached hydrogen (secondary N) is 1. The van der Waals surface area contributed by atoms with Crippen molar-refractivity contribution in [1.82, 2.24) is 30.0 Å². The number of aliphatic hydroxyl groups is 2. The molecule has 2 aromatic rings. The lowest BCUT2D eigenvalue weighted by atomic mass is 10.1. The predicted octanol–water partition coefficient (Wildman–Crippen LogP) is 7.41. The summed E-state index contributed by atoms with van der Waals surface area (Å²) in [6, 6.07) is 19.7. The topological polar surface area (TPSA) is 235 Å². The third-order valence-electron chi connectivity index (χ3n) is 11.6. The van der Waals surface area contributed by atoms with E-state index in [4.69, 9.17) is 34.3 Å². The van der Waals surface area contributed by atoms with E-state index < -0.39 is 41.2 Å². The Labute approximate surface area is 445 Å². The molecule has 0 radical (unpaired) electrons. The first kappa shape index (κ1) is 63.6. The van der Waals surface area contributed by atoms with E-state index in [1.165, 1.54) is 15.4 Å². The molecule has 0 spiro atoms. The number of nitrogens with two attached hydrogens (primary N) is 1. The summed E-state index contributed by atoms with van der Waals surface area (Å²) in [6.45, 7) is 28.6. The van der Waals surface area contributed by atoms with E-state index in [-0.39, 0.29) is 68.9 Å². The average Bonchev–Trinajstić information content (AvgIpc) is 4.15. The second-order valence-corrected chi connectivity index (χ2v) is 23.1. The Kier molecular flexibility index (Phi) is 24.1. The van der Waals surface area contributed by atoms with Crippen LogP contribution in [0.2, 0.25) is 0 Å². The van der Waals surface area contributed by atoms with E-state index in [9.17, 15) is 34.2 Å². The van der Waals surface area contributed by atoms with Crippen LogP contribution in [0.1, 0.15) is 102 Å². The van der Waals surface area contributed by atoms with Crippen molar-refractivity contribution in [2.75, 3.05) is 72.0 Å². The van der Waals surface area contributed by atoms with Crippen LogP contribution in [0.25, 0.3) is 0 Å². The van der Waals surface area contributed by atoms with E-state index in [1.807, 2.05) is 128 Å². The van der Waals surface area contributed by atoms with Crippen molar-refractivity contribution in [3.63, 3.8) is 0 Å². The molecule has 0 aliphatic carbocycles. The standard InChI is InChI=1S/C18H26N2O5.C17H24N2O3.C10H20N2O3.C9H15NO2.CH4/c1-18(2,3)25-17(23)20-10-14(15(21)11-20)9-19-16(22)24-12-13-7-5-4-6-8-13;1-17(2,3)21-16(20)18-10-14-11-19(22-15(14)12-18)9-13-7-5-4-6-8-13;1-10(2,3)15-9(14)12-5-7(4-11)8(13)6-12;1-9(2,3)12-8(11)10-6-4-5-7-10;/h4-8,14-15,21H,9-12H2,1-3H3,(H,19,22);4-8,14-15H,9-12H2,1-3H3;7-8,13H,4-6,11H2,1-3H3;4-5H,6-7H2,1-3H3;1H4/t14-,15+;14-,15-;7-,8+;;/m010../s1. The number of benzene rings is 2. The zero-order chi connectivity index (χ0) is 55.0. The molecular formula is C55H89N7O13. The summed E-state index contributed by atoms with van der Waals surface area (Å²) in [5, 5.41) is 24.3. The summed E-state index contributed by atoms with van der Waals surface area (Å²) >= 11 is 0. The van der Waals surface area contributed by atoms with Crippen LogP contribution in [0.15, 0.2) is 72.8 Å². The number of hydrogen-bond donors (Lipinski definition) is 4. The van der Waals surface area contributed by atoms with Gasteiger partial charge in [-0.05, 0) is 101 Å². The fraction of sp³-hybridized carbons (Fsp3) is 0.655. The number of ether oxygens (including phenoxy) is 5. The Morgan fingerprint density at radius 3 is 1.41 bits per heavy atom. The molecule has 422 valence electrons. The third-order valence-corrected chi connectivity index (χ3v) is 11.6. The minimum absolute atomic E-state index is 0. The number of hydrogen-bond acceptors (Lipinski definition) is 15. The fourth-order valence-electron chi connectivity index (χ4n) is 8.03. The molecule has 0 bridgehead atoms. The van der Waals surface area contributed by atoms with Crippen LogP contribution < -0.4 is 11.1 Å². The smallest absolute Gasteiger partial charge is 0.410 e. The van der Waals surface area contributed by atoms with Gasteiger partial charge in [0.25, 0.3) is 0 Å². The summed E-state index contributed by atoms with van der Waals surface area (Å²) < 4.78 is 26.2. The van der Waals surface area contributed by atoms with Gasteiger partial charge in [0.1, 0.15) is 35.1 Å². The van der Waals surface area contributed by atoms with Gasteiger partial charge in [-0.2, -0.15) is 5.06 Å². The summed E-state index contributed by atoms with van der Waals surface area (Å²) in [7, 11) is 0. The largest absolute Gasteiger partial charge is 0.445 e. The molecule has 4 saturated heterocycles. The van der Waals surface area contributed by atoms with Gasteiger partial charge in [0.15, 0.2) is 0 Å². The van der Waals surface area contributed by atoms with Crippen LogP contribution in [0.3, 0.4) is 0 Å². The number of carbonyl (C=O) groups is 5. The molecule has 0 aromatic heterocycles. The van der Waals surface area contributed by atoms with Crippen molar-refractivity contribution < 1.29 is 62.7 Å². The van der Waals surface area contributed by atoms with E-state index in [1.54, 1.807) is 30.6 Å². The van der Waals surface area contributed by atoms with Crippen LogP contribution in [0.4, 0.5) is 24.0 Å². The highest BCUT2D eigenvalue weighted by atomic mass is 16.7. The summed E-state index contributed by atoms with van der Waals surface area (Å²) in [4.78, 5) is 71.2. The summed E-state index contributed by atoms with van der Waals surface area (Å²) in [5.74, 6) is 0.0885. The van der Waals surface area contributed by atoms with E-state index in [0.29, 0.717) is 58.3 Å². The van der Waals surface area contributed by atoms with Gasteiger partial charge in [0.2, 0.25) is 0 Å². The molecule has 0 saturated carbocycles. The molecule has 4 fully saturated rings. The van der Waals surface area contributed by atoms with Gasteiger partial charge in [-0.25, -0.2) is 24.0 Å². The molecule has 5 aliphatic heterocycles. The number of hydroxylamine groups is 2. The van der Waals surface area contributed by atoms with E-state index in [2.05, 4.69) is 17.4 Å². The fourth-order valence-corrected chi connectivity index (χ4v) is 8.03. The van der Waals surface area contributed by atoms with Crippen LogP contribution in [-0.2, 0) is 41.7 Å². The van der Waals surface area contributed by atoms with E-state index in [0.717, 1.165) is 18.7 Å². The van der Waals surface area contributed by atoms with Crippen LogP contribution in [-0.4, -0.2) is 178 Å². The van der Waals surface area contributed by atoms with E-state index >= 15 is 0 Å². The number of rotatable bonds is 7. The maximum absolute atomic E-state index is 12.1. The van der Waals surface area contributed by atoms with Crippen molar-refractivity contribution in [1.29, 1.82) is 0 Å². The number of β-amino-alcohol motifs (C(OH)–C–C–N with tert-alkyl or cyclic N) is 2. The van der Waals surface area contributed by atoms with Crippen molar-refractivity contribution in [3.8, 4) is 0 Å². The number of aliphatic hydroxyl groups excluding tert-OH is 2. The molecule has 6 atom stereocenters. The zero-order valence-electron chi connectivity index (χ0n) is 45.8. The highest BCUT2D eigenvalue weighted by Gasteiger charge is 2.44. The number of carbonyl (C=O) groups excluding carboxylic acids is 5. The van der Waals surface area contributed by atoms with Gasteiger partial charge in [-0.15, -0.1) is 0 Å². The number of alkyl carbamates (subject to hydrolysis) is 1. The Morgan fingerprint density at radius 1 is 0.573 bits per heavy atom. The second kappa shape index (κ2) is 28.5. The minimum atomic E-state index is -0.707. The third kappa shape index (κ3) is 23.4. The molecule has 2 aromatic carbocycles. The lowest BCUT2D eigenvalue weighted by molar-refractivity contribution is -0.153. The lowest BCUT2D eigenvalue weighted by Gasteiger charge is -2.25. The maximum atomic E-state index is 12.1. The molecule has 20 heteroatoms. The van der Waals surface area contributed by atoms with Crippen molar-refractivity contribution in [3.05, 3.63) is 83.9 Å². The molecule has 20 nitrogen and oxygen atoms in total. The van der Waals surface area contributed by atoms with Crippen molar-refractivity contribution in [2.24, 2.45) is 23.5 Å². The Bertz CT molecular complexity index is 2100. The first-order valence-corrected chi connectivity index (χ1v) is 25.5. The molecule has 0 unspecified atom stereocenters. The lowest BCUT2D eigenvalue weighted by Crippen LogP contribution is -2.37. The Hall–Kier alpha value is -5.67. The highest BCUT2D eigenvalue weighted by Crippen LogP contribution is 2.30. The molecule has 5 amide bonds. The average molecular weight is 1060 g/mol. The Morgan fingerprint density at radius 2 is 0.987 bits per heavy atom. The SMILES string of the molecule is C.CC(C)(C)OC(=O)N1CC=CC1.CC(C)(C)OC(=O)N1C[C@@H]2CN(Cc3ccccc3)O[C@@H]2C1.CC(C)(C)OC(=O)N1C[C@H](CN)[C@H](O)C1.CC(C)(C)OC(=O)N1C[C@H](CNC(=O)OCc2ccccc2)[C@H](O)C1. The number of likely N-dealkylation sites (tertiary alicyclic amines) is 3. The van der Waals surface area contributed by atoms with Crippen molar-refractivity contribution >= 4 is 30.5 Å². The van der Waals surface area contributed by atoms with Crippen molar-refractivity contribution in [2.45, 2.75) is 144 Å². The predicted molar refractivity (Wildman–Crippen MR) is 285 cm³/mol. The quantitative estimate of drug-likeness (QED) is 0.156. The van der Waals surface area contributed by atoms with Gasteiger partial charge in [0.05, 0.1) is 31.8 Å². The zero-order valence-corrected chi connectivity index (χ0v) is 45.8. The van der Waals surface area contributed by atoms with Crippen LogP contribution in [0, 0.1) is 17.8 Å². The number of amides is 5. The second-order valence-electron chi connectivity index (χ2n) is 23.1. The van der Waals surface area contributed by atoms with Crippen LogP contribution >= 0.6 is 0 Å². The minimum Gasteiger partial charge on any atom is -0.445 e. The molecule has 5 heterocycles. The molecule has 7 rings (SSSR count). The van der Waals surface area contributed by atoms with Gasteiger partial charge in [0, 0.05) is 70.1 Å². The van der Waals surface area contributed by atoms with Gasteiger partial charge in [-0.3, -0.25) is 4.84 Å². The van der Waals surface area contributed by atoms with Gasteiger partial charge < -0.3 is 64.5 Å². The molecule has 5 N–H and O–H groups in total. The summed E-state index contributed by atoms with van der Waals surface area (Å²) in [5.41, 5.74) is 5.70. The van der Waals surface area contributed by atoms with Crippen LogP contribution in [0.5, 0.6) is 0 Å². The van der Waals surface area contributed by atoms with Gasteiger partial charge in [-0.1, -0.05) is 80.2 Å². The Balaban J connectivity index is 0.000000272. The normalized spacial score (nSPS) is 22.2. The molecule has 5 aliphatic rings. The first-order chi connectivity index (χ1) is 34.5.